The molecule has 0 aliphatic heterocycles. The van der Waals surface area contributed by atoms with Crippen LogP contribution in [0.2, 0.25) is 0 Å². The summed E-state index contributed by atoms with van der Waals surface area (Å²) in [5.41, 5.74) is 1.90. The molecular formula is C21H22BrN3O4. The fourth-order valence-corrected chi connectivity index (χ4v) is 3.31. The normalized spacial score (nSPS) is 10.6. The summed E-state index contributed by atoms with van der Waals surface area (Å²) in [5.74, 6) is 2.21. The molecule has 1 aromatic heterocycles. The largest absolute Gasteiger partial charge is 0.493 e. The van der Waals surface area contributed by atoms with Gasteiger partial charge in [-0.15, -0.1) is 0 Å². The smallest absolute Gasteiger partial charge is 0.227 e. The van der Waals surface area contributed by atoms with Crippen molar-refractivity contribution in [2.24, 2.45) is 0 Å². The topological polar surface area (TPSA) is 86.5 Å². The number of carbonyl (C=O) groups excluding carboxylic acids is 1. The van der Waals surface area contributed by atoms with Crippen LogP contribution in [0.1, 0.15) is 17.9 Å². The van der Waals surface area contributed by atoms with E-state index in [1.54, 1.807) is 14.2 Å². The fraction of sp³-hybridized carbons (Fsp3) is 0.286. The van der Waals surface area contributed by atoms with Crippen molar-refractivity contribution < 1.29 is 18.8 Å². The molecule has 0 radical (unpaired) electrons. The highest BCUT2D eigenvalue weighted by Crippen LogP contribution is 2.33. The first-order valence-corrected chi connectivity index (χ1v) is 9.95. The molecule has 0 saturated carbocycles. The highest BCUT2D eigenvalue weighted by molar-refractivity contribution is 9.10. The molecule has 0 unspecified atom stereocenters. The van der Waals surface area contributed by atoms with Crippen LogP contribution in [0, 0.1) is 0 Å². The Morgan fingerprint density at radius 1 is 1.10 bits per heavy atom. The highest BCUT2D eigenvalue weighted by Gasteiger charge is 2.12. The van der Waals surface area contributed by atoms with Crippen molar-refractivity contribution in [3.05, 3.63) is 58.4 Å². The van der Waals surface area contributed by atoms with E-state index in [1.807, 2.05) is 42.5 Å². The number of nitrogens with zero attached hydrogens (tertiary/aromatic N) is 2. The number of ether oxygens (including phenoxy) is 2. The molecular weight excluding hydrogens is 438 g/mol. The van der Waals surface area contributed by atoms with Crippen LogP contribution in [0.25, 0.3) is 11.4 Å². The summed E-state index contributed by atoms with van der Waals surface area (Å²) in [6, 6.07) is 13.3. The van der Waals surface area contributed by atoms with Gasteiger partial charge < -0.3 is 19.3 Å². The van der Waals surface area contributed by atoms with Gasteiger partial charge in [-0.25, -0.2) is 0 Å². The van der Waals surface area contributed by atoms with Crippen LogP contribution in [-0.2, 0) is 17.6 Å². The minimum Gasteiger partial charge on any atom is -0.493 e. The molecule has 152 valence electrons. The monoisotopic (exact) mass is 459 g/mol. The Bertz CT molecular complexity index is 960. The fourth-order valence-electron chi connectivity index (χ4n) is 2.79. The number of methoxy groups -OCH3 is 2. The summed E-state index contributed by atoms with van der Waals surface area (Å²) in [4.78, 5) is 16.5. The number of halogens is 1. The van der Waals surface area contributed by atoms with Gasteiger partial charge in [0.2, 0.25) is 17.6 Å². The predicted octanol–water partition coefficient (Wildman–Crippen LogP) is 3.81. The molecule has 1 N–H and O–H groups in total. The third kappa shape index (κ3) is 5.57. The van der Waals surface area contributed by atoms with Crippen LogP contribution < -0.4 is 14.8 Å². The van der Waals surface area contributed by atoms with Gasteiger partial charge in [-0.05, 0) is 24.1 Å². The van der Waals surface area contributed by atoms with Crippen molar-refractivity contribution in [2.45, 2.75) is 19.3 Å². The third-order valence-corrected chi connectivity index (χ3v) is 5.07. The summed E-state index contributed by atoms with van der Waals surface area (Å²) >= 11 is 3.53. The lowest BCUT2D eigenvalue weighted by Crippen LogP contribution is -2.26. The van der Waals surface area contributed by atoms with E-state index in [9.17, 15) is 4.79 Å². The first-order valence-electron chi connectivity index (χ1n) is 9.15. The quantitative estimate of drug-likeness (QED) is 0.523. The number of rotatable bonds is 9. The molecule has 0 fully saturated rings. The molecule has 0 bridgehead atoms. The molecule has 7 nitrogen and oxygen atoms in total. The molecule has 1 heterocycles. The molecule has 8 heteroatoms. The lowest BCUT2D eigenvalue weighted by atomic mass is 10.1. The molecule has 1 amide bonds. The zero-order valence-electron chi connectivity index (χ0n) is 16.3. The molecule has 0 aliphatic rings. The second-order valence-corrected chi connectivity index (χ2v) is 7.13. The Morgan fingerprint density at radius 2 is 1.83 bits per heavy atom. The Hall–Kier alpha value is -2.87. The number of nitrogens with one attached hydrogen (secondary N) is 1. The lowest BCUT2D eigenvalue weighted by Gasteiger charge is -2.12. The summed E-state index contributed by atoms with van der Waals surface area (Å²) in [7, 11) is 3.19. The number of hydrogen-bond acceptors (Lipinski definition) is 6. The Balaban J connectivity index is 1.47. The van der Waals surface area contributed by atoms with E-state index in [2.05, 4.69) is 31.4 Å². The highest BCUT2D eigenvalue weighted by atomic mass is 79.9. The van der Waals surface area contributed by atoms with Crippen LogP contribution >= 0.6 is 15.9 Å². The van der Waals surface area contributed by atoms with Crippen LogP contribution in [0.5, 0.6) is 11.5 Å². The van der Waals surface area contributed by atoms with Gasteiger partial charge >= 0.3 is 0 Å². The number of benzene rings is 2. The molecule has 0 spiro atoms. The van der Waals surface area contributed by atoms with Crippen molar-refractivity contribution in [2.75, 3.05) is 20.8 Å². The number of aryl methyl sites for hydroxylation is 1. The van der Waals surface area contributed by atoms with E-state index >= 15 is 0 Å². The van der Waals surface area contributed by atoms with Gasteiger partial charge in [0.15, 0.2) is 11.5 Å². The maximum Gasteiger partial charge on any atom is 0.227 e. The molecule has 2 aromatic carbocycles. The van der Waals surface area contributed by atoms with E-state index in [1.165, 1.54) is 0 Å². The van der Waals surface area contributed by atoms with E-state index in [0.717, 1.165) is 15.6 Å². The van der Waals surface area contributed by atoms with Crippen molar-refractivity contribution in [3.8, 4) is 22.9 Å². The van der Waals surface area contributed by atoms with Crippen LogP contribution in [0.15, 0.2) is 51.5 Å². The van der Waals surface area contributed by atoms with Gasteiger partial charge in [0.1, 0.15) is 0 Å². The molecule has 3 rings (SSSR count). The van der Waals surface area contributed by atoms with Crippen molar-refractivity contribution in [1.29, 1.82) is 0 Å². The van der Waals surface area contributed by atoms with Crippen LogP contribution in [0.4, 0.5) is 0 Å². The molecule has 0 aliphatic carbocycles. The first kappa shape index (κ1) is 20.9. The second-order valence-electron chi connectivity index (χ2n) is 6.28. The molecule has 0 saturated heterocycles. The third-order valence-electron chi connectivity index (χ3n) is 4.34. The number of carbonyl (C=O) groups is 1. The van der Waals surface area contributed by atoms with E-state index in [0.29, 0.717) is 42.6 Å². The van der Waals surface area contributed by atoms with E-state index in [-0.39, 0.29) is 12.3 Å². The zero-order valence-corrected chi connectivity index (χ0v) is 17.9. The second kappa shape index (κ2) is 10.1. The SMILES string of the molecule is COc1cc(Br)c(CCNC(=O)CCc2nc(-c3ccccc3)no2)cc1OC. The molecule has 0 atom stereocenters. The summed E-state index contributed by atoms with van der Waals surface area (Å²) < 4.78 is 16.7. The van der Waals surface area contributed by atoms with Crippen molar-refractivity contribution in [1.82, 2.24) is 15.5 Å². The van der Waals surface area contributed by atoms with E-state index in [4.69, 9.17) is 14.0 Å². The maximum absolute atomic E-state index is 12.1. The predicted molar refractivity (Wildman–Crippen MR) is 112 cm³/mol. The minimum atomic E-state index is -0.0685. The van der Waals surface area contributed by atoms with Gasteiger partial charge in [0.05, 0.1) is 14.2 Å². The van der Waals surface area contributed by atoms with Gasteiger partial charge in [0.25, 0.3) is 0 Å². The molecule has 29 heavy (non-hydrogen) atoms. The van der Waals surface area contributed by atoms with Gasteiger partial charge in [-0.3, -0.25) is 4.79 Å². The van der Waals surface area contributed by atoms with Gasteiger partial charge in [-0.2, -0.15) is 4.98 Å². The summed E-state index contributed by atoms with van der Waals surface area (Å²) in [6.45, 7) is 0.506. The average Bonchev–Trinajstić information content (AvgIpc) is 3.23. The van der Waals surface area contributed by atoms with Crippen molar-refractivity contribution in [3.63, 3.8) is 0 Å². The average molecular weight is 460 g/mol. The lowest BCUT2D eigenvalue weighted by molar-refractivity contribution is -0.121. The maximum atomic E-state index is 12.1. The Labute approximate surface area is 177 Å². The standard InChI is InChI=1S/C21H22BrN3O4/c1-27-17-12-15(16(22)13-18(17)28-2)10-11-23-19(26)8-9-20-24-21(25-29-20)14-6-4-3-5-7-14/h3-7,12-13H,8-11H2,1-2H3,(H,23,26). The minimum absolute atomic E-state index is 0.0685. The number of aromatic nitrogens is 2. The van der Waals surface area contributed by atoms with E-state index < -0.39 is 0 Å². The Kier molecular flexibility index (Phi) is 7.24. The first-order chi connectivity index (χ1) is 14.1. The number of hydrogen-bond donors (Lipinski definition) is 1. The van der Waals surface area contributed by atoms with Crippen LogP contribution in [0.3, 0.4) is 0 Å². The zero-order chi connectivity index (χ0) is 20.6. The molecule has 3 aromatic rings. The Morgan fingerprint density at radius 3 is 2.55 bits per heavy atom. The van der Waals surface area contributed by atoms with Gasteiger partial charge in [0, 0.05) is 29.4 Å². The summed E-state index contributed by atoms with van der Waals surface area (Å²) in [5, 5.41) is 6.87. The summed E-state index contributed by atoms with van der Waals surface area (Å²) in [6.07, 6.45) is 1.33. The van der Waals surface area contributed by atoms with Crippen LogP contribution in [-0.4, -0.2) is 36.8 Å². The van der Waals surface area contributed by atoms with Gasteiger partial charge in [-0.1, -0.05) is 51.4 Å². The van der Waals surface area contributed by atoms with Crippen molar-refractivity contribution >= 4 is 21.8 Å². The number of amides is 1.